The molecular weight excluding hydrogens is 222 g/mol. The van der Waals surface area contributed by atoms with Crippen molar-refractivity contribution in [2.45, 2.75) is 51.1 Å². The van der Waals surface area contributed by atoms with E-state index in [1.807, 2.05) is 0 Å². The summed E-state index contributed by atoms with van der Waals surface area (Å²) in [4.78, 5) is 0. The van der Waals surface area contributed by atoms with Gasteiger partial charge in [0.2, 0.25) is 0 Å². The molecule has 1 aromatic rings. The molecule has 0 spiro atoms. The molecule has 0 unspecified atom stereocenters. The third-order valence-corrected chi connectivity index (χ3v) is 4.21. The van der Waals surface area contributed by atoms with Crippen LogP contribution in [0, 0.1) is 0 Å². The second kappa shape index (κ2) is 4.38. The molecule has 0 aromatic carbocycles. The van der Waals surface area contributed by atoms with Crippen LogP contribution in [-0.4, -0.2) is 16.3 Å². The van der Waals surface area contributed by atoms with E-state index >= 15 is 0 Å². The summed E-state index contributed by atoms with van der Waals surface area (Å²) in [6.45, 7) is 2.84. The van der Waals surface area contributed by atoms with Crippen LogP contribution in [0.2, 0.25) is 5.02 Å². The van der Waals surface area contributed by atoms with Crippen molar-refractivity contribution in [3.05, 3.63) is 16.4 Å². The molecule has 0 saturated heterocycles. The van der Waals surface area contributed by atoms with E-state index in [1.54, 1.807) is 0 Å². The first-order valence-corrected chi connectivity index (χ1v) is 6.70. The Labute approximate surface area is 101 Å². The largest absolute Gasteiger partial charge is 0.309 e. The summed E-state index contributed by atoms with van der Waals surface area (Å²) in [6, 6.07) is 0. The summed E-state index contributed by atoms with van der Waals surface area (Å²) in [7, 11) is 0. The van der Waals surface area contributed by atoms with Crippen LogP contribution in [0.15, 0.2) is 0 Å². The number of hydrogen-bond acceptors (Lipinski definition) is 2. The van der Waals surface area contributed by atoms with E-state index in [2.05, 4.69) is 10.00 Å². The average molecular weight is 240 g/mol. The zero-order chi connectivity index (χ0) is 11.0. The van der Waals surface area contributed by atoms with Gasteiger partial charge in [-0.3, -0.25) is 4.68 Å². The maximum absolute atomic E-state index is 6.45. The molecule has 3 nitrogen and oxygen atoms in total. The van der Waals surface area contributed by atoms with Gasteiger partial charge in [0.25, 0.3) is 0 Å². The summed E-state index contributed by atoms with van der Waals surface area (Å²) in [6.07, 6.45) is 6.58. The van der Waals surface area contributed by atoms with Crippen molar-refractivity contribution in [3.8, 4) is 0 Å². The molecule has 0 radical (unpaired) electrons. The monoisotopic (exact) mass is 239 g/mol. The Morgan fingerprint density at radius 3 is 2.81 bits per heavy atom. The van der Waals surface area contributed by atoms with E-state index in [1.165, 1.54) is 43.5 Å². The van der Waals surface area contributed by atoms with Crippen LogP contribution in [0.25, 0.3) is 0 Å². The standard InChI is InChI=1S/C12H18ClN3/c13-11-10-8-14-6-7-16(10)15-12(11)9-4-2-1-3-5-9/h9,14H,1-8H2. The predicted octanol–water partition coefficient (Wildman–Crippen LogP) is 2.69. The van der Waals surface area contributed by atoms with E-state index in [4.69, 9.17) is 16.7 Å². The average Bonchev–Trinajstić information content (AvgIpc) is 2.69. The Morgan fingerprint density at radius 1 is 1.25 bits per heavy atom. The van der Waals surface area contributed by atoms with Crippen molar-refractivity contribution in [2.24, 2.45) is 0 Å². The van der Waals surface area contributed by atoms with Gasteiger partial charge < -0.3 is 5.32 Å². The lowest BCUT2D eigenvalue weighted by atomic mass is 9.87. The van der Waals surface area contributed by atoms with Crippen molar-refractivity contribution < 1.29 is 0 Å². The number of nitrogens with zero attached hydrogens (tertiary/aromatic N) is 2. The molecule has 0 bridgehead atoms. The first kappa shape index (κ1) is 10.6. The summed E-state index contributed by atoms with van der Waals surface area (Å²) in [5.41, 5.74) is 2.36. The van der Waals surface area contributed by atoms with E-state index in [9.17, 15) is 0 Å². The molecule has 88 valence electrons. The van der Waals surface area contributed by atoms with E-state index in [-0.39, 0.29) is 0 Å². The molecule has 1 aromatic heterocycles. The minimum absolute atomic E-state index is 0.611. The first-order chi connectivity index (χ1) is 7.86. The van der Waals surface area contributed by atoms with E-state index in [0.717, 1.165) is 24.7 Å². The molecule has 0 amide bonds. The lowest BCUT2D eigenvalue weighted by molar-refractivity contribution is 0.425. The van der Waals surface area contributed by atoms with Crippen molar-refractivity contribution in [3.63, 3.8) is 0 Å². The molecule has 1 aliphatic heterocycles. The molecule has 2 aliphatic rings. The Balaban J connectivity index is 1.91. The van der Waals surface area contributed by atoms with Gasteiger partial charge in [-0.2, -0.15) is 5.10 Å². The fraction of sp³-hybridized carbons (Fsp3) is 0.750. The van der Waals surface area contributed by atoms with Gasteiger partial charge in [0.15, 0.2) is 0 Å². The fourth-order valence-electron chi connectivity index (χ4n) is 2.88. The lowest BCUT2D eigenvalue weighted by Gasteiger charge is -2.19. The molecular formula is C12H18ClN3. The van der Waals surface area contributed by atoms with Gasteiger partial charge in [0.05, 0.1) is 23.0 Å². The summed E-state index contributed by atoms with van der Waals surface area (Å²) in [5.74, 6) is 0.611. The Hall–Kier alpha value is -0.540. The number of aromatic nitrogens is 2. The zero-order valence-electron chi connectivity index (χ0n) is 9.51. The summed E-state index contributed by atoms with van der Waals surface area (Å²) in [5, 5.41) is 9.00. The molecule has 4 heteroatoms. The molecule has 1 fully saturated rings. The lowest BCUT2D eigenvalue weighted by Crippen LogP contribution is -2.28. The molecule has 16 heavy (non-hydrogen) atoms. The maximum Gasteiger partial charge on any atom is 0.0866 e. The third-order valence-electron chi connectivity index (χ3n) is 3.80. The molecule has 1 N–H and O–H groups in total. The number of hydrogen-bond donors (Lipinski definition) is 1. The van der Waals surface area contributed by atoms with Gasteiger partial charge in [-0.15, -0.1) is 0 Å². The van der Waals surface area contributed by atoms with Crippen molar-refractivity contribution in [2.75, 3.05) is 6.54 Å². The molecule has 2 heterocycles. The van der Waals surface area contributed by atoms with Crippen molar-refractivity contribution in [1.29, 1.82) is 0 Å². The van der Waals surface area contributed by atoms with Gasteiger partial charge in [0.1, 0.15) is 0 Å². The molecule has 1 aliphatic carbocycles. The molecule has 0 atom stereocenters. The van der Waals surface area contributed by atoms with Crippen LogP contribution in [-0.2, 0) is 13.1 Å². The first-order valence-electron chi connectivity index (χ1n) is 6.32. The van der Waals surface area contributed by atoms with Crippen LogP contribution in [0.3, 0.4) is 0 Å². The number of rotatable bonds is 1. The van der Waals surface area contributed by atoms with Gasteiger partial charge in [-0.1, -0.05) is 30.9 Å². The third kappa shape index (κ3) is 1.76. The number of halogens is 1. The minimum atomic E-state index is 0.611. The smallest absolute Gasteiger partial charge is 0.0866 e. The van der Waals surface area contributed by atoms with E-state index < -0.39 is 0 Å². The quantitative estimate of drug-likeness (QED) is 0.817. The molecule has 3 rings (SSSR count). The van der Waals surface area contributed by atoms with Gasteiger partial charge in [-0.25, -0.2) is 0 Å². The number of fused-ring (bicyclic) bond motifs is 1. The topological polar surface area (TPSA) is 29.9 Å². The number of nitrogens with one attached hydrogen (secondary N) is 1. The van der Waals surface area contributed by atoms with Gasteiger partial charge in [0, 0.05) is 19.0 Å². The second-order valence-electron chi connectivity index (χ2n) is 4.88. The van der Waals surface area contributed by atoms with Crippen LogP contribution in [0.5, 0.6) is 0 Å². The zero-order valence-corrected chi connectivity index (χ0v) is 10.3. The second-order valence-corrected chi connectivity index (χ2v) is 5.26. The Morgan fingerprint density at radius 2 is 2.06 bits per heavy atom. The summed E-state index contributed by atoms with van der Waals surface area (Å²) < 4.78 is 2.10. The normalized spacial score (nSPS) is 22.1. The van der Waals surface area contributed by atoms with Crippen molar-refractivity contribution >= 4 is 11.6 Å². The summed E-state index contributed by atoms with van der Waals surface area (Å²) >= 11 is 6.45. The molecule has 1 saturated carbocycles. The van der Waals surface area contributed by atoms with Crippen LogP contribution in [0.4, 0.5) is 0 Å². The van der Waals surface area contributed by atoms with Crippen LogP contribution in [0.1, 0.15) is 49.4 Å². The highest BCUT2D eigenvalue weighted by atomic mass is 35.5. The SMILES string of the molecule is Clc1c(C2CCCCC2)nn2c1CNCC2. The van der Waals surface area contributed by atoms with Crippen molar-refractivity contribution in [1.82, 2.24) is 15.1 Å². The maximum atomic E-state index is 6.45. The minimum Gasteiger partial charge on any atom is -0.309 e. The van der Waals surface area contributed by atoms with E-state index in [0.29, 0.717) is 5.92 Å². The fourth-order valence-corrected chi connectivity index (χ4v) is 3.23. The van der Waals surface area contributed by atoms with Crippen LogP contribution < -0.4 is 5.32 Å². The highest BCUT2D eigenvalue weighted by Crippen LogP contribution is 2.37. The van der Waals surface area contributed by atoms with Crippen LogP contribution >= 0.6 is 11.6 Å². The van der Waals surface area contributed by atoms with Gasteiger partial charge >= 0.3 is 0 Å². The predicted molar refractivity (Wildman–Crippen MR) is 64.8 cm³/mol. The highest BCUT2D eigenvalue weighted by molar-refractivity contribution is 6.32. The van der Waals surface area contributed by atoms with Gasteiger partial charge in [-0.05, 0) is 12.8 Å². The Bertz CT molecular complexity index is 380. The highest BCUT2D eigenvalue weighted by Gasteiger charge is 2.25. The Kier molecular flexibility index (Phi) is 2.90.